The third-order valence-corrected chi connectivity index (χ3v) is 6.13. The maximum atomic E-state index is 12.2. The topological polar surface area (TPSA) is 61.8 Å². The molecular formula is C19H42O5Si3. The van der Waals surface area contributed by atoms with Crippen LogP contribution in [0.2, 0.25) is 58.9 Å². The molecule has 0 spiro atoms. The van der Waals surface area contributed by atoms with Gasteiger partial charge in [-0.2, -0.15) is 0 Å². The summed E-state index contributed by atoms with van der Waals surface area (Å²) in [6.45, 7) is 18.6. The van der Waals surface area contributed by atoms with E-state index in [1.54, 1.807) is 0 Å². The van der Waals surface area contributed by atoms with Gasteiger partial charge in [-0.05, 0) is 71.8 Å². The van der Waals surface area contributed by atoms with Crippen LogP contribution in [-0.2, 0) is 22.9 Å². The van der Waals surface area contributed by atoms with Crippen molar-refractivity contribution in [2.24, 2.45) is 0 Å². The first-order chi connectivity index (χ1) is 12.1. The lowest BCUT2D eigenvalue weighted by Gasteiger charge is -2.27. The molecule has 0 amide bonds. The van der Waals surface area contributed by atoms with Gasteiger partial charge in [-0.15, -0.1) is 0 Å². The van der Waals surface area contributed by atoms with Gasteiger partial charge in [0, 0.05) is 6.42 Å². The Hall–Kier alpha value is -0.449. The molecule has 0 saturated carbocycles. The summed E-state index contributed by atoms with van der Waals surface area (Å²) < 4.78 is 17.2. The molecular weight excluding hydrogens is 392 g/mol. The molecule has 5 nitrogen and oxygen atoms in total. The van der Waals surface area contributed by atoms with Gasteiger partial charge in [-0.1, -0.05) is 19.3 Å². The van der Waals surface area contributed by atoms with E-state index < -0.39 is 25.0 Å². The van der Waals surface area contributed by atoms with Crippen LogP contribution >= 0.6 is 0 Å². The molecule has 0 aliphatic rings. The third kappa shape index (κ3) is 18.7. The van der Waals surface area contributed by atoms with E-state index in [0.29, 0.717) is 12.8 Å². The first-order valence-electron chi connectivity index (χ1n) is 10.2. The first kappa shape index (κ1) is 26.6. The lowest BCUT2D eigenvalue weighted by Crippen LogP contribution is -2.36. The minimum atomic E-state index is -1.86. The molecule has 0 N–H and O–H groups in total. The summed E-state index contributed by atoms with van der Waals surface area (Å²) in [5.74, 6) is -0.199. The van der Waals surface area contributed by atoms with Crippen molar-refractivity contribution in [1.29, 1.82) is 0 Å². The Balaban J connectivity index is 4.22. The number of carbonyl (C=O) groups excluding carboxylic acids is 2. The van der Waals surface area contributed by atoms with E-state index in [9.17, 15) is 9.59 Å². The number of carbonyl (C=O) groups is 2. The second-order valence-electron chi connectivity index (χ2n) is 10.2. The fourth-order valence-corrected chi connectivity index (χ4v) is 5.41. The van der Waals surface area contributed by atoms with E-state index in [0.717, 1.165) is 32.1 Å². The quantitative estimate of drug-likeness (QED) is 0.275. The van der Waals surface area contributed by atoms with E-state index in [2.05, 4.69) is 19.6 Å². The summed E-state index contributed by atoms with van der Waals surface area (Å²) >= 11 is 0. The highest BCUT2D eigenvalue weighted by Crippen LogP contribution is 2.19. The van der Waals surface area contributed by atoms with Gasteiger partial charge in [0.2, 0.25) is 16.6 Å². The number of hydrogen-bond donors (Lipinski definition) is 0. The fraction of sp³-hybridized carbons (Fsp3) is 0.895. The Bertz CT molecular complexity index is 461. The molecule has 8 heteroatoms. The highest BCUT2D eigenvalue weighted by atomic mass is 28.4. The molecule has 0 aromatic carbocycles. The van der Waals surface area contributed by atoms with Crippen LogP contribution in [0.15, 0.2) is 0 Å². The molecule has 0 aromatic heterocycles. The summed E-state index contributed by atoms with van der Waals surface area (Å²) in [6.07, 6.45) is 5.55. The van der Waals surface area contributed by atoms with Crippen molar-refractivity contribution in [3.05, 3.63) is 0 Å². The van der Waals surface area contributed by atoms with Crippen LogP contribution in [0.3, 0.4) is 0 Å². The van der Waals surface area contributed by atoms with Gasteiger partial charge in [0.25, 0.3) is 11.9 Å². The van der Waals surface area contributed by atoms with Gasteiger partial charge < -0.3 is 13.3 Å². The summed E-state index contributed by atoms with van der Waals surface area (Å²) in [5.41, 5.74) is 0. The van der Waals surface area contributed by atoms with Crippen LogP contribution in [-0.4, -0.2) is 43.0 Å². The molecule has 0 rings (SSSR count). The average Bonchev–Trinajstić information content (AvgIpc) is 2.36. The van der Waals surface area contributed by atoms with Crippen molar-refractivity contribution in [3.8, 4) is 0 Å². The molecule has 160 valence electrons. The predicted molar refractivity (Wildman–Crippen MR) is 119 cm³/mol. The lowest BCUT2D eigenvalue weighted by molar-refractivity contribution is -0.137. The smallest absolute Gasteiger partial charge is 0.295 e. The van der Waals surface area contributed by atoms with Gasteiger partial charge in [-0.3, -0.25) is 9.59 Å². The minimum Gasteiger partial charge on any atom is -0.520 e. The number of unbranched alkanes of at least 4 members (excludes halogenated alkanes) is 3. The summed E-state index contributed by atoms with van der Waals surface area (Å²) in [6, 6.07) is 0. The summed E-state index contributed by atoms with van der Waals surface area (Å²) in [5, 5.41) is 0. The SMILES string of the molecule is C[Si](C)(C)OC(=O)CCCCCCC(CC(=O)O[Si](C)(C)C)O[Si](C)(C)C. The molecule has 0 radical (unpaired) electrons. The Morgan fingerprint density at radius 3 is 1.63 bits per heavy atom. The minimum absolute atomic E-state index is 0.0580. The van der Waals surface area contributed by atoms with E-state index >= 15 is 0 Å². The monoisotopic (exact) mass is 434 g/mol. The van der Waals surface area contributed by atoms with Crippen LogP contribution in [0.25, 0.3) is 0 Å². The molecule has 0 fully saturated rings. The van der Waals surface area contributed by atoms with Crippen molar-refractivity contribution in [2.75, 3.05) is 0 Å². The summed E-state index contributed by atoms with van der Waals surface area (Å²) in [4.78, 5) is 23.9. The van der Waals surface area contributed by atoms with E-state index in [1.165, 1.54) is 0 Å². The molecule has 1 unspecified atom stereocenters. The second-order valence-corrected chi connectivity index (χ2v) is 23.5. The van der Waals surface area contributed by atoms with E-state index in [4.69, 9.17) is 13.3 Å². The standard InChI is InChI=1S/C19H42O5Si3/c1-25(2,3)22-17(16-19(21)24-27(7,8)9)14-12-10-11-13-15-18(20)23-26(4,5)6/h17H,10-16H2,1-9H3. The van der Waals surface area contributed by atoms with Gasteiger partial charge in [-0.25, -0.2) is 0 Å². The Kier molecular flexibility index (Phi) is 11.3. The molecule has 0 bridgehead atoms. The maximum absolute atomic E-state index is 12.2. The fourth-order valence-electron chi connectivity index (χ4n) is 2.66. The van der Waals surface area contributed by atoms with Crippen LogP contribution in [0, 0.1) is 0 Å². The Morgan fingerprint density at radius 1 is 0.667 bits per heavy atom. The van der Waals surface area contributed by atoms with Crippen molar-refractivity contribution in [3.63, 3.8) is 0 Å². The van der Waals surface area contributed by atoms with E-state index in [-0.39, 0.29) is 18.0 Å². The molecule has 0 aliphatic carbocycles. The molecule has 0 aliphatic heterocycles. The van der Waals surface area contributed by atoms with Crippen molar-refractivity contribution in [1.82, 2.24) is 0 Å². The van der Waals surface area contributed by atoms with Gasteiger partial charge >= 0.3 is 0 Å². The largest absolute Gasteiger partial charge is 0.520 e. The van der Waals surface area contributed by atoms with Crippen molar-refractivity contribution in [2.45, 2.75) is 110 Å². The Morgan fingerprint density at radius 2 is 1.15 bits per heavy atom. The van der Waals surface area contributed by atoms with Gasteiger partial charge in [0.1, 0.15) is 0 Å². The van der Waals surface area contributed by atoms with Crippen molar-refractivity contribution < 1.29 is 22.9 Å². The second kappa shape index (κ2) is 11.5. The highest BCUT2D eigenvalue weighted by molar-refractivity contribution is 6.71. The van der Waals surface area contributed by atoms with Crippen LogP contribution in [0.4, 0.5) is 0 Å². The normalized spacial score (nSPS) is 14.0. The zero-order valence-electron chi connectivity index (χ0n) is 19.1. The molecule has 27 heavy (non-hydrogen) atoms. The van der Waals surface area contributed by atoms with Crippen LogP contribution in [0.1, 0.15) is 44.9 Å². The zero-order valence-corrected chi connectivity index (χ0v) is 22.1. The zero-order chi connectivity index (χ0) is 21.3. The molecule has 0 saturated heterocycles. The first-order valence-corrected chi connectivity index (χ1v) is 20.4. The van der Waals surface area contributed by atoms with Crippen LogP contribution in [0.5, 0.6) is 0 Å². The lowest BCUT2D eigenvalue weighted by atomic mass is 10.1. The van der Waals surface area contributed by atoms with Crippen molar-refractivity contribution >= 4 is 36.9 Å². The average molecular weight is 435 g/mol. The molecule has 0 heterocycles. The third-order valence-electron chi connectivity index (χ3n) is 3.41. The Labute approximate surface area is 169 Å². The van der Waals surface area contributed by atoms with Crippen LogP contribution < -0.4 is 0 Å². The predicted octanol–water partition coefficient (Wildman–Crippen LogP) is 5.69. The van der Waals surface area contributed by atoms with Gasteiger partial charge in [0.05, 0.1) is 12.5 Å². The highest BCUT2D eigenvalue weighted by Gasteiger charge is 2.26. The number of hydrogen-bond acceptors (Lipinski definition) is 5. The molecule has 0 aromatic rings. The number of rotatable bonds is 13. The molecule has 1 atom stereocenters. The van der Waals surface area contributed by atoms with Gasteiger partial charge in [0.15, 0.2) is 8.32 Å². The summed E-state index contributed by atoms with van der Waals surface area (Å²) in [7, 11) is -5.34. The van der Waals surface area contributed by atoms with E-state index in [1.807, 2.05) is 39.3 Å². The maximum Gasteiger partial charge on any atom is 0.295 e.